The minimum Gasteiger partial charge on any atom is -0.494 e. The molecule has 41 heavy (non-hydrogen) atoms. The van der Waals surface area contributed by atoms with Crippen LogP contribution in [0.2, 0.25) is 0 Å². The number of Topliss-reactive ketones (excluding diaryl/α,β-unsaturated/α-hetero) is 1. The van der Waals surface area contributed by atoms with E-state index in [2.05, 4.69) is 10.6 Å². The average molecular weight is 587 g/mol. The van der Waals surface area contributed by atoms with E-state index in [9.17, 15) is 29.1 Å². The first-order chi connectivity index (χ1) is 19.5. The first-order valence-corrected chi connectivity index (χ1v) is 14.0. The van der Waals surface area contributed by atoms with Crippen molar-refractivity contribution in [1.29, 1.82) is 0 Å². The lowest BCUT2D eigenvalue weighted by molar-refractivity contribution is -0.139. The van der Waals surface area contributed by atoms with Gasteiger partial charge in [-0.2, -0.15) is 0 Å². The van der Waals surface area contributed by atoms with Crippen molar-refractivity contribution >= 4 is 41.3 Å². The van der Waals surface area contributed by atoms with Crippen LogP contribution in [0.15, 0.2) is 60.3 Å². The van der Waals surface area contributed by atoms with E-state index < -0.39 is 48.1 Å². The maximum Gasteiger partial charge on any atom is 0.341 e. The molecule has 220 valence electrons. The van der Waals surface area contributed by atoms with Crippen LogP contribution in [-0.4, -0.2) is 64.8 Å². The SMILES string of the molecule is CCOc1ccc(OCC(=O)O)cc1CC(=O)N[C@H](C(=O)NC(=CC(=O)O)C(=O)CSCc1ccccc1)C(C)C. The highest BCUT2D eigenvalue weighted by Gasteiger charge is 2.27. The first kappa shape index (κ1) is 32.9. The Kier molecular flexibility index (Phi) is 13.4. The summed E-state index contributed by atoms with van der Waals surface area (Å²) in [6.07, 6.45) is 0.419. The molecule has 0 aliphatic carbocycles. The quantitative estimate of drug-likeness (QED) is 0.202. The number of benzene rings is 2. The lowest BCUT2D eigenvalue weighted by Crippen LogP contribution is -2.50. The van der Waals surface area contributed by atoms with Gasteiger partial charge in [0.2, 0.25) is 11.8 Å². The largest absolute Gasteiger partial charge is 0.494 e. The number of aliphatic carboxylic acids is 2. The molecule has 0 saturated carbocycles. The van der Waals surface area contributed by atoms with E-state index in [4.69, 9.17) is 14.6 Å². The topological polar surface area (TPSA) is 168 Å². The van der Waals surface area contributed by atoms with Crippen LogP contribution in [0, 0.1) is 5.92 Å². The summed E-state index contributed by atoms with van der Waals surface area (Å²) in [5.41, 5.74) is 1.02. The molecule has 2 rings (SSSR count). The summed E-state index contributed by atoms with van der Waals surface area (Å²) >= 11 is 1.28. The summed E-state index contributed by atoms with van der Waals surface area (Å²) in [4.78, 5) is 61.1. The smallest absolute Gasteiger partial charge is 0.341 e. The number of thioether (sulfide) groups is 1. The molecule has 0 aromatic heterocycles. The van der Waals surface area contributed by atoms with Crippen molar-refractivity contribution in [2.75, 3.05) is 19.0 Å². The van der Waals surface area contributed by atoms with Gasteiger partial charge in [0.1, 0.15) is 17.5 Å². The zero-order valence-electron chi connectivity index (χ0n) is 23.0. The third kappa shape index (κ3) is 11.8. The summed E-state index contributed by atoms with van der Waals surface area (Å²) in [7, 11) is 0. The molecule has 2 amide bonds. The third-order valence-corrected chi connectivity index (χ3v) is 6.49. The van der Waals surface area contributed by atoms with E-state index in [1.807, 2.05) is 30.3 Å². The van der Waals surface area contributed by atoms with Crippen LogP contribution >= 0.6 is 11.8 Å². The van der Waals surface area contributed by atoms with Crippen molar-refractivity contribution in [2.24, 2.45) is 5.92 Å². The van der Waals surface area contributed by atoms with Gasteiger partial charge in [-0.15, -0.1) is 11.8 Å². The standard InChI is InChI=1S/C29H34N2O9S/c1-4-39-24-11-10-21(40-15-27(36)37)12-20(24)13-25(33)31-28(18(2)3)29(38)30-22(14-26(34)35)23(32)17-41-16-19-8-6-5-7-9-19/h5-12,14,18,28H,4,13,15-17H2,1-3H3,(H,30,38)(H,31,33)(H,34,35)(H,36,37)/t28-/m0/s1. The van der Waals surface area contributed by atoms with E-state index in [1.54, 1.807) is 26.8 Å². The zero-order chi connectivity index (χ0) is 30.4. The fraction of sp³-hybridized carbons (Fsp3) is 0.345. The lowest BCUT2D eigenvalue weighted by atomic mass is 10.0. The van der Waals surface area contributed by atoms with Crippen molar-refractivity contribution in [3.63, 3.8) is 0 Å². The minimum atomic E-state index is -1.40. The number of carboxylic acids is 2. The molecule has 0 bridgehead atoms. The molecule has 12 heteroatoms. The zero-order valence-corrected chi connectivity index (χ0v) is 23.9. The molecule has 0 aliphatic heterocycles. The number of allylic oxidation sites excluding steroid dienone is 1. The van der Waals surface area contributed by atoms with E-state index in [-0.39, 0.29) is 23.6 Å². The normalized spacial score (nSPS) is 11.9. The molecule has 2 aromatic rings. The molecule has 0 fully saturated rings. The van der Waals surface area contributed by atoms with Gasteiger partial charge >= 0.3 is 11.9 Å². The fourth-order valence-electron chi connectivity index (χ4n) is 3.59. The van der Waals surface area contributed by atoms with Crippen LogP contribution in [0.5, 0.6) is 11.5 Å². The molecule has 1 atom stereocenters. The van der Waals surface area contributed by atoms with Crippen LogP contribution in [0.1, 0.15) is 31.9 Å². The molecular weight excluding hydrogens is 552 g/mol. The highest BCUT2D eigenvalue weighted by atomic mass is 32.2. The van der Waals surface area contributed by atoms with E-state index in [0.717, 1.165) is 5.56 Å². The Hall–Kier alpha value is -4.32. The summed E-state index contributed by atoms with van der Waals surface area (Å²) in [6.45, 7) is 4.90. The van der Waals surface area contributed by atoms with Gasteiger partial charge in [-0.05, 0) is 36.6 Å². The van der Waals surface area contributed by atoms with Gasteiger partial charge in [-0.1, -0.05) is 44.2 Å². The Bertz CT molecular complexity index is 1260. The summed E-state index contributed by atoms with van der Waals surface area (Å²) in [6, 6.07) is 12.9. The number of amides is 2. The van der Waals surface area contributed by atoms with Crippen LogP contribution in [0.4, 0.5) is 0 Å². The number of rotatable bonds is 17. The van der Waals surface area contributed by atoms with Crippen molar-refractivity contribution in [3.05, 3.63) is 71.4 Å². The molecule has 0 heterocycles. The van der Waals surface area contributed by atoms with Gasteiger partial charge in [-0.25, -0.2) is 9.59 Å². The molecule has 11 nitrogen and oxygen atoms in total. The van der Waals surface area contributed by atoms with Crippen molar-refractivity contribution in [2.45, 2.75) is 39.0 Å². The second kappa shape index (κ2) is 16.7. The van der Waals surface area contributed by atoms with E-state index >= 15 is 0 Å². The maximum absolute atomic E-state index is 13.1. The number of ketones is 1. The average Bonchev–Trinajstić information content (AvgIpc) is 2.91. The Morgan fingerprint density at radius 2 is 1.71 bits per heavy atom. The van der Waals surface area contributed by atoms with Crippen LogP contribution in [0.3, 0.4) is 0 Å². The molecule has 4 N–H and O–H groups in total. The Labute approximate surface area is 242 Å². The molecule has 0 aliphatic rings. The number of nitrogens with one attached hydrogen (secondary N) is 2. The highest BCUT2D eigenvalue weighted by Crippen LogP contribution is 2.25. The number of carboxylic acid groups (broad SMARTS) is 2. The number of hydrogen-bond acceptors (Lipinski definition) is 8. The van der Waals surface area contributed by atoms with E-state index in [1.165, 1.54) is 23.9 Å². The molecule has 0 saturated heterocycles. The summed E-state index contributed by atoms with van der Waals surface area (Å²) in [5, 5.41) is 23.1. The first-order valence-electron chi connectivity index (χ1n) is 12.8. The molecule has 0 spiro atoms. The minimum absolute atomic E-state index is 0.0620. The second-order valence-corrected chi connectivity index (χ2v) is 10.1. The number of ether oxygens (including phenoxy) is 2. The Balaban J connectivity index is 2.10. The number of carbonyl (C=O) groups excluding carboxylic acids is 3. The van der Waals surface area contributed by atoms with Crippen molar-refractivity contribution in [3.8, 4) is 11.5 Å². The van der Waals surface area contributed by atoms with Gasteiger partial charge in [0.15, 0.2) is 12.4 Å². The molecular formula is C29H34N2O9S. The lowest BCUT2D eigenvalue weighted by Gasteiger charge is -2.22. The predicted molar refractivity (Wildman–Crippen MR) is 153 cm³/mol. The highest BCUT2D eigenvalue weighted by molar-refractivity contribution is 7.99. The molecule has 0 radical (unpaired) electrons. The van der Waals surface area contributed by atoms with Gasteiger partial charge in [0, 0.05) is 11.3 Å². The van der Waals surface area contributed by atoms with Gasteiger partial charge < -0.3 is 30.3 Å². The maximum atomic E-state index is 13.1. The predicted octanol–water partition coefficient (Wildman–Crippen LogP) is 2.82. The number of hydrogen-bond donors (Lipinski definition) is 4. The van der Waals surface area contributed by atoms with Gasteiger partial charge in [0.25, 0.3) is 0 Å². The fourth-order valence-corrected chi connectivity index (χ4v) is 4.46. The third-order valence-electron chi connectivity index (χ3n) is 5.48. The van der Waals surface area contributed by atoms with Crippen LogP contribution in [-0.2, 0) is 36.1 Å². The Morgan fingerprint density at radius 1 is 1.00 bits per heavy atom. The van der Waals surface area contributed by atoms with Crippen LogP contribution < -0.4 is 20.1 Å². The number of carbonyl (C=O) groups is 5. The van der Waals surface area contributed by atoms with Crippen LogP contribution in [0.25, 0.3) is 0 Å². The van der Waals surface area contributed by atoms with E-state index in [0.29, 0.717) is 29.7 Å². The van der Waals surface area contributed by atoms with Gasteiger partial charge in [-0.3, -0.25) is 14.4 Å². The van der Waals surface area contributed by atoms with Crippen molar-refractivity contribution in [1.82, 2.24) is 10.6 Å². The van der Waals surface area contributed by atoms with Crippen molar-refractivity contribution < 1.29 is 43.7 Å². The molecule has 0 unspecified atom stereocenters. The van der Waals surface area contributed by atoms with Gasteiger partial charge in [0.05, 0.1) is 30.6 Å². The second-order valence-electron chi connectivity index (χ2n) is 9.14. The molecule has 2 aromatic carbocycles. The Morgan fingerprint density at radius 3 is 2.32 bits per heavy atom. The summed E-state index contributed by atoms with van der Waals surface area (Å²) in [5.74, 6) is -3.77. The monoisotopic (exact) mass is 586 g/mol. The summed E-state index contributed by atoms with van der Waals surface area (Å²) < 4.78 is 10.8.